The van der Waals surface area contributed by atoms with Crippen LogP contribution in [0.25, 0.3) is 0 Å². The van der Waals surface area contributed by atoms with E-state index in [-0.39, 0.29) is 11.4 Å². The van der Waals surface area contributed by atoms with Crippen molar-refractivity contribution in [3.8, 4) is 0 Å². The van der Waals surface area contributed by atoms with Gasteiger partial charge in [0.2, 0.25) is 5.91 Å². The normalized spacial score (nSPS) is 19.3. The van der Waals surface area contributed by atoms with Gasteiger partial charge in [-0.05, 0) is 46.5 Å². The molecule has 0 aromatic carbocycles. The molecule has 1 amide bonds. The molecule has 1 rings (SSSR count). The number of amides is 1. The van der Waals surface area contributed by atoms with Gasteiger partial charge in [-0.3, -0.25) is 4.79 Å². The fourth-order valence-electron chi connectivity index (χ4n) is 2.52. The topological polar surface area (TPSA) is 41.1 Å². The summed E-state index contributed by atoms with van der Waals surface area (Å²) in [7, 11) is 0. The molecule has 1 saturated carbocycles. The fraction of sp³-hybridized carbons (Fsp3) is 0.929. The van der Waals surface area contributed by atoms with Crippen LogP contribution >= 0.6 is 0 Å². The first kappa shape index (κ1) is 14.5. The van der Waals surface area contributed by atoms with Crippen LogP contribution < -0.4 is 10.6 Å². The van der Waals surface area contributed by atoms with E-state index in [1.807, 2.05) is 20.8 Å². The monoisotopic (exact) mass is 240 g/mol. The molecular formula is C14H28N2O. The van der Waals surface area contributed by atoms with E-state index in [0.29, 0.717) is 12.5 Å². The molecule has 17 heavy (non-hydrogen) atoms. The fourth-order valence-corrected chi connectivity index (χ4v) is 2.52. The molecule has 0 radical (unpaired) electrons. The van der Waals surface area contributed by atoms with E-state index in [0.717, 1.165) is 12.5 Å². The summed E-state index contributed by atoms with van der Waals surface area (Å²) in [5.41, 5.74) is -0.117. The minimum Gasteiger partial charge on any atom is -0.351 e. The van der Waals surface area contributed by atoms with E-state index in [4.69, 9.17) is 0 Å². The number of hydrogen-bond acceptors (Lipinski definition) is 2. The van der Waals surface area contributed by atoms with E-state index < -0.39 is 0 Å². The van der Waals surface area contributed by atoms with Gasteiger partial charge in [0.15, 0.2) is 0 Å². The van der Waals surface area contributed by atoms with Gasteiger partial charge in [0.25, 0.3) is 0 Å². The van der Waals surface area contributed by atoms with Crippen LogP contribution in [0.2, 0.25) is 0 Å². The molecule has 3 heteroatoms. The minimum absolute atomic E-state index is 0.117. The van der Waals surface area contributed by atoms with Crippen LogP contribution in [-0.4, -0.2) is 24.0 Å². The smallest absolute Gasteiger partial charge is 0.221 e. The Hall–Kier alpha value is -0.570. The zero-order chi connectivity index (χ0) is 12.9. The number of carbonyl (C=O) groups is 1. The lowest BCUT2D eigenvalue weighted by molar-refractivity contribution is -0.122. The number of nitrogens with one attached hydrogen (secondary N) is 2. The lowest BCUT2D eigenvalue weighted by atomic mass is 10.00. The van der Waals surface area contributed by atoms with Crippen LogP contribution in [-0.2, 0) is 4.79 Å². The molecule has 0 aromatic rings. The van der Waals surface area contributed by atoms with E-state index in [1.165, 1.54) is 25.7 Å². The van der Waals surface area contributed by atoms with E-state index >= 15 is 0 Å². The summed E-state index contributed by atoms with van der Waals surface area (Å²) < 4.78 is 0. The predicted octanol–water partition coefficient (Wildman–Crippen LogP) is 2.46. The lowest BCUT2D eigenvalue weighted by Crippen LogP contribution is -2.42. The molecule has 100 valence electrons. The zero-order valence-electron chi connectivity index (χ0n) is 11.8. The summed E-state index contributed by atoms with van der Waals surface area (Å²) in [4.78, 5) is 11.6. The number of rotatable bonds is 5. The van der Waals surface area contributed by atoms with Crippen LogP contribution in [0.1, 0.15) is 59.8 Å². The first-order chi connectivity index (χ1) is 7.88. The summed E-state index contributed by atoms with van der Waals surface area (Å²) >= 11 is 0. The first-order valence-corrected chi connectivity index (χ1v) is 6.93. The van der Waals surface area contributed by atoms with Crippen LogP contribution in [0, 0.1) is 5.92 Å². The molecule has 3 nitrogen and oxygen atoms in total. The van der Waals surface area contributed by atoms with Crippen molar-refractivity contribution in [1.29, 1.82) is 0 Å². The Labute approximate surface area is 106 Å². The van der Waals surface area contributed by atoms with Gasteiger partial charge in [0.1, 0.15) is 0 Å². The lowest BCUT2D eigenvalue weighted by Gasteiger charge is -2.22. The van der Waals surface area contributed by atoms with Crippen molar-refractivity contribution in [3.63, 3.8) is 0 Å². The molecule has 1 fully saturated rings. The number of hydrogen-bond donors (Lipinski definition) is 2. The van der Waals surface area contributed by atoms with Crippen LogP contribution in [0.4, 0.5) is 0 Å². The summed E-state index contributed by atoms with van der Waals surface area (Å²) in [5.74, 6) is 0.962. The Morgan fingerprint density at radius 2 is 1.88 bits per heavy atom. The Bertz CT molecular complexity index is 239. The molecule has 0 bridgehead atoms. The summed E-state index contributed by atoms with van der Waals surface area (Å²) in [6, 6.07) is 0.555. The van der Waals surface area contributed by atoms with Crippen LogP contribution in [0.5, 0.6) is 0 Å². The molecule has 2 N–H and O–H groups in total. The molecule has 0 spiro atoms. The second kappa shape index (κ2) is 6.39. The maximum atomic E-state index is 11.6. The molecular weight excluding hydrogens is 212 g/mol. The van der Waals surface area contributed by atoms with Gasteiger partial charge in [-0.2, -0.15) is 0 Å². The van der Waals surface area contributed by atoms with Gasteiger partial charge in [0, 0.05) is 24.5 Å². The van der Waals surface area contributed by atoms with Crippen molar-refractivity contribution in [1.82, 2.24) is 10.6 Å². The zero-order valence-corrected chi connectivity index (χ0v) is 11.8. The third kappa shape index (κ3) is 6.06. The van der Waals surface area contributed by atoms with Crippen LogP contribution in [0.15, 0.2) is 0 Å². The Morgan fingerprint density at radius 1 is 1.29 bits per heavy atom. The quantitative estimate of drug-likeness (QED) is 0.775. The largest absolute Gasteiger partial charge is 0.351 e. The van der Waals surface area contributed by atoms with Gasteiger partial charge in [-0.25, -0.2) is 0 Å². The first-order valence-electron chi connectivity index (χ1n) is 6.93. The predicted molar refractivity (Wildman–Crippen MR) is 71.9 cm³/mol. The molecule has 0 heterocycles. The van der Waals surface area contributed by atoms with Crippen molar-refractivity contribution in [3.05, 3.63) is 0 Å². The van der Waals surface area contributed by atoms with E-state index in [9.17, 15) is 4.79 Å². The Morgan fingerprint density at radius 3 is 2.41 bits per heavy atom. The highest BCUT2D eigenvalue weighted by Crippen LogP contribution is 2.27. The van der Waals surface area contributed by atoms with Crippen molar-refractivity contribution in [2.45, 2.75) is 71.4 Å². The molecule has 0 aromatic heterocycles. The second-order valence-electron chi connectivity index (χ2n) is 6.34. The van der Waals surface area contributed by atoms with Gasteiger partial charge >= 0.3 is 0 Å². The molecule has 1 aliphatic rings. The molecule has 0 aliphatic heterocycles. The summed E-state index contributed by atoms with van der Waals surface area (Å²) in [6.45, 7) is 9.08. The molecule has 1 aliphatic carbocycles. The van der Waals surface area contributed by atoms with Gasteiger partial charge in [0.05, 0.1) is 0 Å². The van der Waals surface area contributed by atoms with Crippen LogP contribution in [0.3, 0.4) is 0 Å². The Kier molecular flexibility index (Phi) is 5.44. The third-order valence-corrected chi connectivity index (χ3v) is 3.44. The standard InChI is InChI=1S/C14H28N2O/c1-11(12-7-5-6-8-12)15-10-9-13(17)16-14(2,3)4/h11-12,15H,5-10H2,1-4H3,(H,16,17). The maximum absolute atomic E-state index is 11.6. The van der Waals surface area contributed by atoms with Crippen molar-refractivity contribution in [2.24, 2.45) is 5.92 Å². The van der Waals surface area contributed by atoms with Gasteiger partial charge in [-0.1, -0.05) is 12.8 Å². The SMILES string of the molecule is CC(NCCC(=O)NC(C)(C)C)C1CCCC1. The molecule has 1 unspecified atom stereocenters. The number of carbonyl (C=O) groups excluding carboxylic acids is 1. The van der Waals surface area contributed by atoms with Crippen molar-refractivity contribution < 1.29 is 4.79 Å². The van der Waals surface area contributed by atoms with Gasteiger partial charge in [-0.15, -0.1) is 0 Å². The highest BCUT2D eigenvalue weighted by atomic mass is 16.1. The summed E-state index contributed by atoms with van der Waals surface area (Å²) in [5, 5.41) is 6.46. The highest BCUT2D eigenvalue weighted by molar-refractivity contribution is 5.76. The minimum atomic E-state index is -0.117. The highest BCUT2D eigenvalue weighted by Gasteiger charge is 2.21. The molecule has 1 atom stereocenters. The maximum Gasteiger partial charge on any atom is 0.221 e. The van der Waals surface area contributed by atoms with Gasteiger partial charge < -0.3 is 10.6 Å². The second-order valence-corrected chi connectivity index (χ2v) is 6.34. The summed E-state index contributed by atoms with van der Waals surface area (Å²) in [6.07, 6.45) is 6.03. The average Bonchev–Trinajstić information content (AvgIpc) is 2.66. The van der Waals surface area contributed by atoms with E-state index in [2.05, 4.69) is 17.6 Å². The van der Waals surface area contributed by atoms with Crippen molar-refractivity contribution >= 4 is 5.91 Å². The Balaban J connectivity index is 2.12. The molecule has 0 saturated heterocycles. The average molecular weight is 240 g/mol. The van der Waals surface area contributed by atoms with Crippen molar-refractivity contribution in [2.75, 3.05) is 6.54 Å². The van der Waals surface area contributed by atoms with E-state index in [1.54, 1.807) is 0 Å². The third-order valence-electron chi connectivity index (χ3n) is 3.44.